The summed E-state index contributed by atoms with van der Waals surface area (Å²) >= 11 is 0. The summed E-state index contributed by atoms with van der Waals surface area (Å²) in [5, 5.41) is 11.9. The summed E-state index contributed by atoms with van der Waals surface area (Å²) in [4.78, 5) is 16.8. The van der Waals surface area contributed by atoms with Crippen LogP contribution in [0.15, 0.2) is 0 Å². The zero-order valence-electron chi connectivity index (χ0n) is 22.6. The van der Waals surface area contributed by atoms with E-state index in [9.17, 15) is 9.90 Å². The first-order valence-corrected chi connectivity index (χ1v) is 14.8. The summed E-state index contributed by atoms with van der Waals surface area (Å²) in [5.41, 5.74) is -0.0887. The van der Waals surface area contributed by atoms with Gasteiger partial charge in [0, 0.05) is 30.3 Å². The smallest absolute Gasteiger partial charge is 0.166 e. The highest BCUT2D eigenvalue weighted by Crippen LogP contribution is 2.80. The molecule has 5 aliphatic heterocycles. The first kappa shape index (κ1) is 23.6. The fraction of sp³-hybridized carbons (Fsp3) is 0.967. The molecule has 5 heteroatoms. The van der Waals surface area contributed by atoms with Crippen molar-refractivity contribution in [1.82, 2.24) is 4.90 Å². The fourth-order valence-electron chi connectivity index (χ4n) is 11.7. The molecule has 35 heavy (non-hydrogen) atoms. The number of ketones is 1. The van der Waals surface area contributed by atoms with Crippen LogP contribution in [0.3, 0.4) is 0 Å². The molecule has 0 amide bonds. The van der Waals surface area contributed by atoms with E-state index in [1.54, 1.807) is 0 Å². The highest BCUT2D eigenvalue weighted by Gasteiger charge is 2.81. The van der Waals surface area contributed by atoms with E-state index in [1.165, 1.54) is 44.9 Å². The normalized spacial score (nSPS) is 59.8. The lowest BCUT2D eigenvalue weighted by Gasteiger charge is -2.68. The van der Waals surface area contributed by atoms with E-state index in [1.807, 2.05) is 6.92 Å². The molecule has 5 nitrogen and oxygen atoms in total. The van der Waals surface area contributed by atoms with Gasteiger partial charge in [0.05, 0.1) is 18.1 Å². The molecule has 1 spiro atoms. The Bertz CT molecular complexity index is 937. The molecule has 2 saturated carbocycles. The number of hydrogen-bond acceptors (Lipinski definition) is 5. The molecule has 0 aromatic rings. The van der Waals surface area contributed by atoms with Crippen molar-refractivity contribution in [3.05, 3.63) is 0 Å². The van der Waals surface area contributed by atoms with Crippen LogP contribution in [0.1, 0.15) is 105 Å². The maximum Gasteiger partial charge on any atom is 0.166 e. The lowest BCUT2D eigenvalue weighted by Crippen LogP contribution is -2.72. The van der Waals surface area contributed by atoms with Gasteiger partial charge >= 0.3 is 0 Å². The second-order valence-electron chi connectivity index (χ2n) is 14.8. The summed E-state index contributed by atoms with van der Waals surface area (Å²) in [5.74, 6) is 2.07. The molecule has 196 valence electrons. The summed E-state index contributed by atoms with van der Waals surface area (Å²) in [6, 6.07) is 0.423. The maximum atomic E-state index is 14.1. The zero-order chi connectivity index (χ0) is 24.6. The Morgan fingerprint density at radius 1 is 1.06 bits per heavy atom. The predicted molar refractivity (Wildman–Crippen MR) is 133 cm³/mol. The number of piperidine rings is 2. The van der Waals surface area contributed by atoms with Crippen molar-refractivity contribution < 1.29 is 19.4 Å². The molecule has 7 fully saturated rings. The van der Waals surface area contributed by atoms with Crippen LogP contribution in [0, 0.1) is 39.9 Å². The maximum absolute atomic E-state index is 14.1. The number of rotatable bonds is 5. The van der Waals surface area contributed by atoms with Gasteiger partial charge in [-0.15, -0.1) is 0 Å². The molecular weight excluding hydrogens is 438 g/mol. The summed E-state index contributed by atoms with van der Waals surface area (Å²) in [7, 11) is 0. The van der Waals surface area contributed by atoms with E-state index in [0.717, 1.165) is 19.3 Å². The molecule has 7 bridgehead atoms. The number of carbonyl (C=O) groups excluding carboxylic acids is 1. The monoisotopic (exact) mass is 485 g/mol. The number of nitrogens with zero attached hydrogens (tertiary/aromatic N) is 1. The molecular formula is C30H47NO4. The molecule has 12 atom stereocenters. The predicted octanol–water partition coefficient (Wildman–Crippen LogP) is 5.29. The SMILES string of the molecule is CC(C)C1CCC2(C)C3CCC45CCCC4C2(CCC(=O)C2(C)COC4(C)CCC2O4)C1N5C3O. The van der Waals surface area contributed by atoms with Gasteiger partial charge in [0.15, 0.2) is 5.79 Å². The van der Waals surface area contributed by atoms with Crippen molar-refractivity contribution in [2.24, 2.45) is 39.9 Å². The number of Topliss-reactive ketones (excluding diaryl/α,β-unsaturated/α-hetero) is 1. The highest BCUT2D eigenvalue weighted by molar-refractivity contribution is 5.85. The largest absolute Gasteiger partial charge is 0.378 e. The minimum Gasteiger partial charge on any atom is -0.378 e. The Kier molecular flexibility index (Phi) is 4.81. The van der Waals surface area contributed by atoms with E-state index >= 15 is 0 Å². The number of hydrogen-bond donors (Lipinski definition) is 1. The van der Waals surface area contributed by atoms with Crippen LogP contribution in [0.2, 0.25) is 0 Å². The van der Waals surface area contributed by atoms with E-state index in [4.69, 9.17) is 9.47 Å². The van der Waals surface area contributed by atoms with Gasteiger partial charge in [0.25, 0.3) is 0 Å². The fourth-order valence-corrected chi connectivity index (χ4v) is 11.7. The van der Waals surface area contributed by atoms with Crippen LogP contribution in [-0.2, 0) is 14.3 Å². The van der Waals surface area contributed by atoms with Gasteiger partial charge in [-0.1, -0.05) is 27.2 Å². The summed E-state index contributed by atoms with van der Waals surface area (Å²) in [6.45, 7) is 12.0. The first-order chi connectivity index (χ1) is 16.5. The van der Waals surface area contributed by atoms with Crippen LogP contribution in [-0.4, -0.2) is 52.1 Å². The number of aliphatic hydroxyl groups is 1. The Labute approximate surface area is 211 Å². The van der Waals surface area contributed by atoms with Crippen molar-refractivity contribution in [2.45, 2.75) is 135 Å². The van der Waals surface area contributed by atoms with E-state index < -0.39 is 11.2 Å². The topological polar surface area (TPSA) is 59.0 Å². The molecule has 12 unspecified atom stereocenters. The van der Waals surface area contributed by atoms with Crippen molar-refractivity contribution in [3.8, 4) is 0 Å². The van der Waals surface area contributed by atoms with Crippen molar-refractivity contribution in [1.29, 1.82) is 0 Å². The first-order valence-electron chi connectivity index (χ1n) is 14.8. The Hall–Kier alpha value is -0.490. The van der Waals surface area contributed by atoms with Crippen molar-refractivity contribution in [2.75, 3.05) is 6.61 Å². The summed E-state index contributed by atoms with van der Waals surface area (Å²) < 4.78 is 12.4. The lowest BCUT2D eigenvalue weighted by molar-refractivity contribution is -0.283. The highest BCUT2D eigenvalue weighted by atomic mass is 16.7. The van der Waals surface area contributed by atoms with Gasteiger partial charge < -0.3 is 14.6 Å². The minimum absolute atomic E-state index is 0.00740. The number of ether oxygens (including phenoxy) is 2. The third-order valence-electron chi connectivity index (χ3n) is 13.4. The molecule has 2 aliphatic carbocycles. The van der Waals surface area contributed by atoms with Crippen molar-refractivity contribution in [3.63, 3.8) is 0 Å². The van der Waals surface area contributed by atoms with Gasteiger partial charge in [0.2, 0.25) is 0 Å². The number of fused-ring (bicyclic) bond motifs is 4. The molecule has 0 radical (unpaired) electrons. The average molecular weight is 486 g/mol. The van der Waals surface area contributed by atoms with Crippen LogP contribution in [0.5, 0.6) is 0 Å². The minimum atomic E-state index is -0.529. The van der Waals surface area contributed by atoms with Crippen molar-refractivity contribution >= 4 is 5.78 Å². The van der Waals surface area contributed by atoms with Crippen LogP contribution in [0.4, 0.5) is 0 Å². The van der Waals surface area contributed by atoms with E-state index in [2.05, 4.69) is 32.6 Å². The molecule has 7 rings (SSSR count). The average Bonchev–Trinajstić information content (AvgIpc) is 3.42. The standard InChI is InChI=1S/C30H47NO4/c1-18(2)19-8-13-27(4)20-9-15-29-12-6-7-21(29)30(27,24(19)31(29)25(20)33)16-10-22(32)26(3)17-34-28(5)14-11-23(26)35-28/h18-21,23-25,33H,6-17H2,1-5H3. The second kappa shape index (κ2) is 7.12. The molecule has 1 N–H and O–H groups in total. The number of carbonyl (C=O) groups is 1. The summed E-state index contributed by atoms with van der Waals surface area (Å²) in [6.07, 6.45) is 11.9. The zero-order valence-corrected chi connectivity index (χ0v) is 22.6. The second-order valence-corrected chi connectivity index (χ2v) is 14.8. The molecule has 0 aromatic carbocycles. The lowest BCUT2D eigenvalue weighted by atomic mass is 9.42. The van der Waals surface area contributed by atoms with Crippen LogP contribution < -0.4 is 0 Å². The quantitative estimate of drug-likeness (QED) is 0.573. The Balaban J connectivity index is 1.28. The van der Waals surface area contributed by atoms with Crippen LogP contribution in [0.25, 0.3) is 0 Å². The van der Waals surface area contributed by atoms with Gasteiger partial charge in [-0.3, -0.25) is 9.69 Å². The van der Waals surface area contributed by atoms with Gasteiger partial charge in [-0.25, -0.2) is 0 Å². The van der Waals surface area contributed by atoms with Crippen LogP contribution >= 0.6 is 0 Å². The third kappa shape index (κ3) is 2.58. The Morgan fingerprint density at radius 2 is 1.86 bits per heavy atom. The molecule has 5 saturated heterocycles. The Morgan fingerprint density at radius 3 is 2.63 bits per heavy atom. The molecule has 5 heterocycles. The van der Waals surface area contributed by atoms with E-state index in [-0.39, 0.29) is 28.7 Å². The molecule has 0 aromatic heterocycles. The van der Waals surface area contributed by atoms with Gasteiger partial charge in [-0.05, 0) is 93.8 Å². The number of aliphatic hydroxyl groups excluding tert-OH is 1. The van der Waals surface area contributed by atoms with E-state index in [0.29, 0.717) is 48.5 Å². The third-order valence-corrected chi connectivity index (χ3v) is 13.4. The van der Waals surface area contributed by atoms with Gasteiger partial charge in [0.1, 0.15) is 12.0 Å². The van der Waals surface area contributed by atoms with Gasteiger partial charge in [-0.2, -0.15) is 0 Å². The molecule has 7 aliphatic rings.